The lowest BCUT2D eigenvalue weighted by Gasteiger charge is -2.43. The molecule has 0 unspecified atom stereocenters. The van der Waals surface area contributed by atoms with Crippen LogP contribution < -0.4 is 10.6 Å². The highest BCUT2D eigenvalue weighted by atomic mass is 32.2. The summed E-state index contributed by atoms with van der Waals surface area (Å²) in [5, 5.41) is 6.78. The van der Waals surface area contributed by atoms with Gasteiger partial charge in [-0.25, -0.2) is 17.7 Å². The zero-order chi connectivity index (χ0) is 21.6. The number of benzene rings is 2. The Labute approximate surface area is 180 Å². The van der Waals surface area contributed by atoms with Gasteiger partial charge >= 0.3 is 0 Å². The molecule has 0 spiro atoms. The molecule has 1 aliphatic rings. The Kier molecular flexibility index (Phi) is 7.15. The fourth-order valence-electron chi connectivity index (χ4n) is 3.80. The Bertz CT molecular complexity index is 968. The summed E-state index contributed by atoms with van der Waals surface area (Å²) in [5.41, 5.74) is 2.19. The van der Waals surface area contributed by atoms with Gasteiger partial charge in [-0.05, 0) is 37.0 Å². The van der Waals surface area contributed by atoms with Crippen LogP contribution in [-0.2, 0) is 22.0 Å². The number of sulfonamides is 1. The highest BCUT2D eigenvalue weighted by Gasteiger charge is 2.38. The zero-order valence-electron chi connectivity index (χ0n) is 18.1. The summed E-state index contributed by atoms with van der Waals surface area (Å²) in [5.74, 6) is 0.705. The summed E-state index contributed by atoms with van der Waals surface area (Å²) in [6.07, 6.45) is 3.56. The number of nitrogens with zero attached hydrogens (tertiary/aromatic N) is 2. The third kappa shape index (κ3) is 4.84. The number of rotatable bonds is 8. The van der Waals surface area contributed by atoms with E-state index in [-0.39, 0.29) is 12.0 Å². The minimum Gasteiger partial charge on any atom is -0.357 e. The third-order valence-electron chi connectivity index (χ3n) is 5.77. The molecule has 30 heavy (non-hydrogen) atoms. The van der Waals surface area contributed by atoms with Gasteiger partial charge in [0.25, 0.3) is 0 Å². The largest absolute Gasteiger partial charge is 0.357 e. The summed E-state index contributed by atoms with van der Waals surface area (Å²) >= 11 is 0. The second-order valence-corrected chi connectivity index (χ2v) is 10.1. The maximum Gasteiger partial charge on any atom is 0.242 e. The van der Waals surface area contributed by atoms with Crippen LogP contribution in [0, 0.1) is 0 Å². The molecule has 0 heterocycles. The number of nitrogens with one attached hydrogen (secondary N) is 2. The van der Waals surface area contributed by atoms with E-state index in [2.05, 4.69) is 39.9 Å². The first-order valence-electron chi connectivity index (χ1n) is 10.5. The summed E-state index contributed by atoms with van der Waals surface area (Å²) in [7, 11) is -0.422. The molecule has 0 bridgehead atoms. The van der Waals surface area contributed by atoms with Crippen molar-refractivity contribution < 1.29 is 8.42 Å². The number of hydrogen-bond donors (Lipinski definition) is 2. The van der Waals surface area contributed by atoms with Crippen LogP contribution in [0.2, 0.25) is 0 Å². The van der Waals surface area contributed by atoms with Gasteiger partial charge in [0.1, 0.15) is 0 Å². The lowest BCUT2D eigenvalue weighted by molar-refractivity contribution is 0.244. The van der Waals surface area contributed by atoms with Crippen LogP contribution in [0.25, 0.3) is 0 Å². The first kappa shape index (κ1) is 22.3. The van der Waals surface area contributed by atoms with E-state index in [1.54, 1.807) is 26.2 Å². The highest BCUT2D eigenvalue weighted by molar-refractivity contribution is 7.89. The standard InChI is InChI=1S/C23H32N4O2S/c1-4-24-22(26-18-23(15-10-16-23)20-12-6-5-7-13-20)25-17-19-11-8-9-14-21(19)30(28,29)27(2)3/h5-9,11-14H,4,10,15-18H2,1-3H3,(H2,24,25,26). The summed E-state index contributed by atoms with van der Waals surface area (Å²) in [4.78, 5) is 4.98. The summed E-state index contributed by atoms with van der Waals surface area (Å²) in [6, 6.07) is 17.7. The fraction of sp³-hybridized carbons (Fsp3) is 0.435. The molecule has 1 aliphatic carbocycles. The second kappa shape index (κ2) is 9.62. The maximum atomic E-state index is 12.6. The van der Waals surface area contributed by atoms with E-state index in [4.69, 9.17) is 0 Å². The van der Waals surface area contributed by atoms with Gasteiger partial charge in [-0.1, -0.05) is 55.0 Å². The molecule has 1 fully saturated rings. The van der Waals surface area contributed by atoms with Gasteiger partial charge in [0.2, 0.25) is 10.0 Å². The van der Waals surface area contributed by atoms with Crippen LogP contribution in [0.15, 0.2) is 64.5 Å². The van der Waals surface area contributed by atoms with E-state index in [9.17, 15) is 8.42 Å². The van der Waals surface area contributed by atoms with Gasteiger partial charge in [0, 0.05) is 32.6 Å². The molecule has 6 nitrogen and oxygen atoms in total. The van der Waals surface area contributed by atoms with Crippen molar-refractivity contribution in [1.82, 2.24) is 14.9 Å². The molecule has 0 atom stereocenters. The van der Waals surface area contributed by atoms with Gasteiger partial charge in [-0.2, -0.15) is 0 Å². The van der Waals surface area contributed by atoms with Crippen molar-refractivity contribution in [1.29, 1.82) is 0 Å². The van der Waals surface area contributed by atoms with E-state index in [0.29, 0.717) is 16.4 Å². The predicted molar refractivity (Wildman–Crippen MR) is 122 cm³/mol. The Balaban J connectivity index is 1.76. The number of hydrogen-bond acceptors (Lipinski definition) is 3. The molecule has 7 heteroatoms. The highest BCUT2D eigenvalue weighted by Crippen LogP contribution is 2.43. The first-order chi connectivity index (χ1) is 14.4. The monoisotopic (exact) mass is 428 g/mol. The molecular weight excluding hydrogens is 396 g/mol. The summed E-state index contributed by atoms with van der Waals surface area (Å²) < 4.78 is 26.5. The van der Waals surface area contributed by atoms with Crippen molar-refractivity contribution >= 4 is 16.0 Å². The summed E-state index contributed by atoms with van der Waals surface area (Å²) in [6.45, 7) is 3.86. The maximum absolute atomic E-state index is 12.6. The van der Waals surface area contributed by atoms with Gasteiger partial charge < -0.3 is 10.6 Å². The molecule has 0 saturated heterocycles. The van der Waals surface area contributed by atoms with Crippen LogP contribution in [0.5, 0.6) is 0 Å². The van der Waals surface area contributed by atoms with Gasteiger partial charge in [-0.15, -0.1) is 0 Å². The van der Waals surface area contributed by atoms with Crippen molar-refractivity contribution in [3.63, 3.8) is 0 Å². The van der Waals surface area contributed by atoms with Crippen LogP contribution >= 0.6 is 0 Å². The minimum atomic E-state index is -3.51. The van der Waals surface area contributed by atoms with E-state index in [0.717, 1.165) is 25.9 Å². The predicted octanol–water partition coefficient (Wildman–Crippen LogP) is 3.11. The van der Waals surface area contributed by atoms with Gasteiger partial charge in [0.05, 0.1) is 11.4 Å². The molecular formula is C23H32N4O2S. The molecule has 0 radical (unpaired) electrons. The average Bonchev–Trinajstić information content (AvgIpc) is 2.72. The van der Waals surface area contributed by atoms with Crippen molar-refractivity contribution in [3.8, 4) is 0 Å². The van der Waals surface area contributed by atoms with E-state index in [1.165, 1.54) is 16.3 Å². The van der Waals surface area contributed by atoms with E-state index in [1.807, 2.05) is 25.1 Å². The van der Waals surface area contributed by atoms with Crippen molar-refractivity contribution in [2.45, 2.75) is 43.0 Å². The molecule has 3 rings (SSSR count). The van der Waals surface area contributed by atoms with Crippen molar-refractivity contribution in [2.24, 2.45) is 4.99 Å². The average molecular weight is 429 g/mol. The Morgan fingerprint density at radius 2 is 1.70 bits per heavy atom. The smallest absolute Gasteiger partial charge is 0.242 e. The second-order valence-electron chi connectivity index (χ2n) is 7.94. The van der Waals surface area contributed by atoms with Crippen LogP contribution in [-0.4, -0.2) is 45.9 Å². The molecule has 0 aliphatic heterocycles. The van der Waals surface area contributed by atoms with Crippen molar-refractivity contribution in [2.75, 3.05) is 27.2 Å². The molecule has 1 saturated carbocycles. The van der Waals surface area contributed by atoms with Gasteiger partial charge in [-0.3, -0.25) is 0 Å². The normalized spacial score (nSPS) is 16.2. The molecule has 0 aromatic heterocycles. The lowest BCUT2D eigenvalue weighted by Crippen LogP contribution is -2.48. The number of guanidine groups is 1. The fourth-order valence-corrected chi connectivity index (χ4v) is 4.91. The van der Waals surface area contributed by atoms with Crippen molar-refractivity contribution in [3.05, 3.63) is 65.7 Å². The van der Waals surface area contributed by atoms with Crippen LogP contribution in [0.3, 0.4) is 0 Å². The topological polar surface area (TPSA) is 73.8 Å². The lowest BCUT2D eigenvalue weighted by atomic mass is 9.64. The number of aliphatic imine (C=N–C) groups is 1. The Morgan fingerprint density at radius 3 is 2.30 bits per heavy atom. The van der Waals surface area contributed by atoms with E-state index >= 15 is 0 Å². The van der Waals surface area contributed by atoms with Gasteiger partial charge in [0.15, 0.2) is 5.96 Å². The molecule has 162 valence electrons. The first-order valence-corrected chi connectivity index (χ1v) is 11.9. The minimum absolute atomic E-state index is 0.142. The zero-order valence-corrected chi connectivity index (χ0v) is 18.9. The molecule has 2 aromatic carbocycles. The third-order valence-corrected chi connectivity index (χ3v) is 7.69. The Morgan fingerprint density at radius 1 is 1.03 bits per heavy atom. The molecule has 0 amide bonds. The molecule has 2 aromatic rings. The Hall–Kier alpha value is -2.38. The van der Waals surface area contributed by atoms with E-state index < -0.39 is 10.0 Å². The molecule has 2 N–H and O–H groups in total. The SMILES string of the molecule is CCNC(=NCc1ccccc1S(=O)(=O)N(C)C)NCC1(c2ccccc2)CCC1. The van der Waals surface area contributed by atoms with Crippen LogP contribution in [0.4, 0.5) is 0 Å². The van der Waals surface area contributed by atoms with Crippen LogP contribution in [0.1, 0.15) is 37.3 Å². The quantitative estimate of drug-likeness (QED) is 0.501.